The minimum Gasteiger partial charge on any atom is -0.341 e. The summed E-state index contributed by atoms with van der Waals surface area (Å²) in [5.74, 6) is 0.385. The summed E-state index contributed by atoms with van der Waals surface area (Å²) in [7, 11) is 0. The van der Waals surface area contributed by atoms with Gasteiger partial charge in [-0.05, 0) is 31.5 Å². The molecule has 0 aliphatic rings. The van der Waals surface area contributed by atoms with Gasteiger partial charge < -0.3 is 5.32 Å². The first kappa shape index (κ1) is 13.6. The summed E-state index contributed by atoms with van der Waals surface area (Å²) >= 11 is 3.43. The first-order valence-electron chi connectivity index (χ1n) is 5.88. The number of aryl methyl sites for hydroxylation is 1. The second kappa shape index (κ2) is 5.44. The third-order valence-corrected chi connectivity index (χ3v) is 3.64. The molecule has 0 aliphatic carbocycles. The van der Waals surface area contributed by atoms with Crippen molar-refractivity contribution >= 4 is 27.4 Å². The summed E-state index contributed by atoms with van der Waals surface area (Å²) in [6.07, 6.45) is 0. The van der Waals surface area contributed by atoms with Gasteiger partial charge in [0.2, 0.25) is 0 Å². The molecule has 0 saturated heterocycles. The molecule has 1 aromatic carbocycles. The van der Waals surface area contributed by atoms with E-state index in [1.165, 1.54) is 6.07 Å². The zero-order valence-corrected chi connectivity index (χ0v) is 12.2. The monoisotopic (exact) mass is 323 g/mol. The summed E-state index contributed by atoms with van der Waals surface area (Å²) in [5.41, 5.74) is 1.17. The fourth-order valence-corrected chi connectivity index (χ4v) is 2.09. The van der Waals surface area contributed by atoms with Gasteiger partial charge in [0, 0.05) is 22.8 Å². The van der Waals surface area contributed by atoms with Crippen LogP contribution in [0.25, 0.3) is 0 Å². The third kappa shape index (κ3) is 2.96. The number of hydrogen-bond acceptors (Lipinski definition) is 3. The Kier molecular flexibility index (Phi) is 3.90. The Labute approximate surface area is 118 Å². The summed E-state index contributed by atoms with van der Waals surface area (Å²) in [4.78, 5) is 26.0. The van der Waals surface area contributed by atoms with E-state index >= 15 is 0 Å². The molecule has 1 heterocycles. The summed E-state index contributed by atoms with van der Waals surface area (Å²) in [6, 6.07) is 7.08. The Morgan fingerprint density at radius 3 is 2.63 bits per heavy atom. The third-order valence-electron chi connectivity index (χ3n) is 2.79. The van der Waals surface area contributed by atoms with Gasteiger partial charge in [0.25, 0.3) is 5.56 Å². The van der Waals surface area contributed by atoms with Crippen LogP contribution in [0, 0.1) is 6.92 Å². The Bertz CT molecular complexity index is 687. The maximum atomic E-state index is 11.7. The predicted octanol–water partition coefficient (Wildman–Crippen LogP) is 2.37. The van der Waals surface area contributed by atoms with Crippen LogP contribution in [0.4, 0.5) is 11.5 Å². The second-order valence-corrected chi connectivity index (χ2v) is 5.01. The number of H-pyrrole nitrogens is 1. The minimum atomic E-state index is -0.413. The van der Waals surface area contributed by atoms with E-state index in [-0.39, 0.29) is 5.56 Å². The van der Waals surface area contributed by atoms with Crippen molar-refractivity contribution in [3.05, 3.63) is 55.1 Å². The van der Waals surface area contributed by atoms with Crippen molar-refractivity contribution in [2.45, 2.75) is 20.4 Å². The van der Waals surface area contributed by atoms with Crippen molar-refractivity contribution in [1.29, 1.82) is 0 Å². The summed E-state index contributed by atoms with van der Waals surface area (Å²) < 4.78 is 2.10. The van der Waals surface area contributed by atoms with Gasteiger partial charge in [0.15, 0.2) is 0 Å². The molecule has 0 fully saturated rings. The first-order chi connectivity index (χ1) is 9.01. The lowest BCUT2D eigenvalue weighted by molar-refractivity contribution is 0.674. The highest BCUT2D eigenvalue weighted by Crippen LogP contribution is 2.22. The minimum absolute atomic E-state index is 0.320. The average Bonchev–Trinajstić information content (AvgIpc) is 2.33. The van der Waals surface area contributed by atoms with Gasteiger partial charge in [-0.15, -0.1) is 0 Å². The summed E-state index contributed by atoms with van der Waals surface area (Å²) in [6.45, 7) is 4.09. The van der Waals surface area contributed by atoms with E-state index in [4.69, 9.17) is 0 Å². The number of aromatic nitrogens is 2. The molecule has 0 amide bonds. The van der Waals surface area contributed by atoms with Gasteiger partial charge >= 0.3 is 5.69 Å². The predicted molar refractivity (Wildman–Crippen MR) is 79.2 cm³/mol. The van der Waals surface area contributed by atoms with E-state index in [0.717, 1.165) is 20.3 Å². The second-order valence-electron chi connectivity index (χ2n) is 4.16. The number of halogens is 1. The fraction of sp³-hybridized carbons (Fsp3) is 0.231. The molecule has 2 N–H and O–H groups in total. The average molecular weight is 324 g/mol. The van der Waals surface area contributed by atoms with Crippen LogP contribution in [-0.2, 0) is 6.54 Å². The van der Waals surface area contributed by atoms with E-state index in [1.807, 2.05) is 25.1 Å². The van der Waals surface area contributed by atoms with Crippen LogP contribution < -0.4 is 16.6 Å². The highest BCUT2D eigenvalue weighted by Gasteiger charge is 2.03. The van der Waals surface area contributed by atoms with Gasteiger partial charge in [-0.2, -0.15) is 0 Å². The van der Waals surface area contributed by atoms with E-state index in [2.05, 4.69) is 26.2 Å². The lowest BCUT2D eigenvalue weighted by Gasteiger charge is -2.08. The smallest absolute Gasteiger partial charge is 0.329 e. The number of rotatable bonds is 3. The molecular weight excluding hydrogens is 310 g/mol. The molecule has 0 unspecified atom stereocenters. The normalized spacial score (nSPS) is 10.5. The maximum Gasteiger partial charge on any atom is 0.329 e. The van der Waals surface area contributed by atoms with Crippen molar-refractivity contribution < 1.29 is 0 Å². The Hall–Kier alpha value is -1.82. The number of nitrogens with one attached hydrogen (secondary N) is 2. The van der Waals surface area contributed by atoms with E-state index in [9.17, 15) is 9.59 Å². The number of aromatic amines is 1. The molecule has 6 heteroatoms. The lowest BCUT2D eigenvalue weighted by Crippen LogP contribution is -2.34. The molecule has 0 radical (unpaired) electrons. The highest BCUT2D eigenvalue weighted by atomic mass is 79.9. The van der Waals surface area contributed by atoms with Crippen LogP contribution in [0.5, 0.6) is 0 Å². The van der Waals surface area contributed by atoms with Crippen molar-refractivity contribution in [2.75, 3.05) is 5.32 Å². The molecular formula is C13H14BrN3O2. The van der Waals surface area contributed by atoms with Crippen LogP contribution in [0.3, 0.4) is 0 Å². The quantitative estimate of drug-likeness (QED) is 0.911. The van der Waals surface area contributed by atoms with Crippen LogP contribution >= 0.6 is 15.9 Å². The first-order valence-corrected chi connectivity index (χ1v) is 6.68. The highest BCUT2D eigenvalue weighted by molar-refractivity contribution is 9.10. The topological polar surface area (TPSA) is 66.9 Å². The number of hydrogen-bond donors (Lipinski definition) is 2. The van der Waals surface area contributed by atoms with E-state index in [1.54, 1.807) is 6.92 Å². The van der Waals surface area contributed by atoms with E-state index < -0.39 is 5.69 Å². The molecule has 0 spiro atoms. The molecule has 2 rings (SSSR count). The number of benzene rings is 1. The van der Waals surface area contributed by atoms with Gasteiger partial charge in [-0.3, -0.25) is 14.3 Å². The van der Waals surface area contributed by atoms with Crippen molar-refractivity contribution in [3.8, 4) is 0 Å². The van der Waals surface area contributed by atoms with Gasteiger partial charge in [-0.25, -0.2) is 4.79 Å². The Morgan fingerprint density at radius 2 is 2.05 bits per heavy atom. The number of anilines is 2. The lowest BCUT2D eigenvalue weighted by atomic mass is 10.2. The molecule has 2 aromatic rings. The molecule has 0 aliphatic heterocycles. The van der Waals surface area contributed by atoms with Gasteiger partial charge in [0.1, 0.15) is 5.82 Å². The Morgan fingerprint density at radius 1 is 1.32 bits per heavy atom. The molecule has 0 saturated carbocycles. The molecule has 0 atom stereocenters. The van der Waals surface area contributed by atoms with Crippen molar-refractivity contribution in [3.63, 3.8) is 0 Å². The zero-order valence-electron chi connectivity index (χ0n) is 10.7. The maximum absolute atomic E-state index is 11.7. The fourth-order valence-electron chi connectivity index (χ4n) is 1.71. The van der Waals surface area contributed by atoms with Crippen molar-refractivity contribution in [2.24, 2.45) is 0 Å². The van der Waals surface area contributed by atoms with Gasteiger partial charge in [0.05, 0.1) is 0 Å². The van der Waals surface area contributed by atoms with Crippen molar-refractivity contribution in [1.82, 2.24) is 9.55 Å². The molecule has 0 bridgehead atoms. The largest absolute Gasteiger partial charge is 0.341 e. The number of nitrogens with zero attached hydrogens (tertiary/aromatic N) is 1. The van der Waals surface area contributed by atoms with Gasteiger partial charge in [-0.1, -0.05) is 22.0 Å². The molecule has 19 heavy (non-hydrogen) atoms. The summed E-state index contributed by atoms with van der Waals surface area (Å²) in [5, 5.41) is 3.01. The molecule has 100 valence electrons. The standard InChI is InChI=1S/C13H14BrN3O2/c1-3-17-12(18)7-11(16-13(17)19)15-9-5-4-8(2)10(14)6-9/h4-7,15H,3H2,1-2H3,(H,16,19). The van der Waals surface area contributed by atoms with E-state index in [0.29, 0.717) is 12.4 Å². The zero-order chi connectivity index (χ0) is 14.0. The Balaban J connectivity index is 2.36. The SMILES string of the molecule is CCn1c(=O)cc(Nc2ccc(C)c(Br)c2)[nH]c1=O. The van der Waals surface area contributed by atoms with Crippen LogP contribution in [0.1, 0.15) is 12.5 Å². The van der Waals surface area contributed by atoms with Crippen LogP contribution in [0.2, 0.25) is 0 Å². The van der Waals surface area contributed by atoms with Crippen LogP contribution in [-0.4, -0.2) is 9.55 Å². The van der Waals surface area contributed by atoms with Crippen LogP contribution in [0.15, 0.2) is 38.3 Å². The molecule has 5 nitrogen and oxygen atoms in total. The molecule has 1 aromatic heterocycles.